The van der Waals surface area contributed by atoms with Crippen molar-refractivity contribution in [3.05, 3.63) is 35.2 Å². The van der Waals surface area contributed by atoms with Crippen molar-refractivity contribution in [2.75, 3.05) is 13.7 Å². The maximum Gasteiger partial charge on any atom is 0.321 e. The number of esters is 1. The Balaban J connectivity index is 2.06. The third-order valence-corrected chi connectivity index (χ3v) is 4.29. The number of carbonyl (C=O) groups is 2. The summed E-state index contributed by atoms with van der Waals surface area (Å²) >= 11 is 4.68. The second kappa shape index (κ2) is 6.16. The zero-order valence-corrected chi connectivity index (χ0v) is 12.6. The van der Waals surface area contributed by atoms with Gasteiger partial charge in [0.2, 0.25) is 0 Å². The third kappa shape index (κ3) is 3.13. The molecular weight excluding hydrogens is 330 g/mol. The molecule has 2 rings (SSSR count). The lowest BCUT2D eigenvalue weighted by Gasteiger charge is -2.08. The Bertz CT molecular complexity index is 611. The van der Waals surface area contributed by atoms with Gasteiger partial charge in [-0.25, -0.2) is 0 Å². The molecule has 0 aliphatic rings. The number of halogens is 1. The SMILES string of the molecule is COC(=O)C(Br)CNC(=O)c1csc2ccccc12. The Morgan fingerprint density at radius 1 is 1.42 bits per heavy atom. The molecule has 1 heterocycles. The summed E-state index contributed by atoms with van der Waals surface area (Å²) in [7, 11) is 1.31. The minimum absolute atomic E-state index is 0.189. The highest BCUT2D eigenvalue weighted by molar-refractivity contribution is 9.10. The zero-order chi connectivity index (χ0) is 13.8. The molecule has 1 amide bonds. The van der Waals surface area contributed by atoms with E-state index in [1.54, 1.807) is 0 Å². The van der Waals surface area contributed by atoms with Crippen LogP contribution in [0.1, 0.15) is 10.4 Å². The Hall–Kier alpha value is -1.40. The van der Waals surface area contributed by atoms with Gasteiger partial charge in [0.15, 0.2) is 0 Å². The van der Waals surface area contributed by atoms with E-state index in [4.69, 9.17) is 0 Å². The van der Waals surface area contributed by atoms with E-state index in [2.05, 4.69) is 26.0 Å². The van der Waals surface area contributed by atoms with Crippen LogP contribution in [0.15, 0.2) is 29.6 Å². The quantitative estimate of drug-likeness (QED) is 0.686. The highest BCUT2D eigenvalue weighted by Crippen LogP contribution is 2.25. The van der Waals surface area contributed by atoms with Crippen molar-refractivity contribution >= 4 is 49.2 Å². The van der Waals surface area contributed by atoms with Crippen molar-refractivity contribution in [2.45, 2.75) is 4.83 Å². The molecular formula is C13H12BrNO3S. The van der Waals surface area contributed by atoms with Gasteiger partial charge in [0, 0.05) is 22.0 Å². The van der Waals surface area contributed by atoms with Gasteiger partial charge in [0.05, 0.1) is 12.7 Å². The summed E-state index contributed by atoms with van der Waals surface area (Å²) in [6.07, 6.45) is 0. The Kier molecular flexibility index (Phi) is 4.55. The molecule has 1 aromatic carbocycles. The molecule has 0 bridgehead atoms. The molecule has 1 atom stereocenters. The van der Waals surface area contributed by atoms with Gasteiger partial charge in [-0.2, -0.15) is 0 Å². The van der Waals surface area contributed by atoms with Crippen LogP contribution in [0.5, 0.6) is 0 Å². The molecule has 6 heteroatoms. The molecule has 0 aliphatic carbocycles. The standard InChI is InChI=1S/C13H12BrNO3S/c1-18-13(17)10(14)6-15-12(16)9-7-19-11-5-3-2-4-8(9)11/h2-5,7,10H,6H2,1H3,(H,15,16). The number of alkyl halides is 1. The number of hydrogen-bond acceptors (Lipinski definition) is 4. The molecule has 0 fully saturated rings. The minimum atomic E-state index is -0.536. The number of methoxy groups -OCH3 is 1. The predicted octanol–water partition coefficient (Wildman–Crippen LogP) is 2.57. The number of amides is 1. The molecule has 0 saturated carbocycles. The second-order valence-electron chi connectivity index (χ2n) is 3.85. The molecule has 4 nitrogen and oxygen atoms in total. The Morgan fingerprint density at radius 2 is 2.16 bits per heavy atom. The number of carbonyl (C=O) groups excluding carboxylic acids is 2. The lowest BCUT2D eigenvalue weighted by atomic mass is 10.1. The molecule has 0 saturated heterocycles. The third-order valence-electron chi connectivity index (χ3n) is 2.62. The Morgan fingerprint density at radius 3 is 2.89 bits per heavy atom. The first kappa shape index (κ1) is 14.0. The van der Waals surface area contributed by atoms with Gasteiger partial charge in [-0.05, 0) is 6.07 Å². The summed E-state index contributed by atoms with van der Waals surface area (Å²) in [5, 5.41) is 5.46. The molecule has 0 aliphatic heterocycles. The Labute approximate surface area is 122 Å². The second-order valence-corrected chi connectivity index (χ2v) is 5.86. The van der Waals surface area contributed by atoms with Crippen LogP contribution >= 0.6 is 27.3 Å². The summed E-state index contributed by atoms with van der Waals surface area (Å²) in [5.41, 5.74) is 0.630. The van der Waals surface area contributed by atoms with Gasteiger partial charge in [-0.3, -0.25) is 9.59 Å². The fraction of sp³-hybridized carbons (Fsp3) is 0.231. The van der Waals surface area contributed by atoms with Crippen molar-refractivity contribution in [3.63, 3.8) is 0 Å². The van der Waals surface area contributed by atoms with E-state index in [9.17, 15) is 9.59 Å². The van der Waals surface area contributed by atoms with E-state index in [1.165, 1.54) is 18.4 Å². The zero-order valence-electron chi connectivity index (χ0n) is 10.2. The fourth-order valence-electron chi connectivity index (χ4n) is 1.64. The van der Waals surface area contributed by atoms with Crippen LogP contribution in [-0.2, 0) is 9.53 Å². The van der Waals surface area contributed by atoms with Crippen molar-refractivity contribution in [1.29, 1.82) is 0 Å². The van der Waals surface area contributed by atoms with E-state index in [0.717, 1.165) is 10.1 Å². The lowest BCUT2D eigenvalue weighted by molar-refractivity contribution is -0.139. The minimum Gasteiger partial charge on any atom is -0.468 e. The van der Waals surface area contributed by atoms with Crippen molar-refractivity contribution in [1.82, 2.24) is 5.32 Å². The van der Waals surface area contributed by atoms with Crippen LogP contribution in [0, 0.1) is 0 Å². The number of rotatable bonds is 4. The average molecular weight is 342 g/mol. The van der Waals surface area contributed by atoms with E-state index < -0.39 is 10.8 Å². The number of benzene rings is 1. The molecule has 19 heavy (non-hydrogen) atoms. The summed E-state index contributed by atoms with van der Waals surface area (Å²) in [4.78, 5) is 22.7. The average Bonchev–Trinajstić information content (AvgIpc) is 2.87. The summed E-state index contributed by atoms with van der Waals surface area (Å²) < 4.78 is 5.64. The van der Waals surface area contributed by atoms with Gasteiger partial charge >= 0.3 is 5.97 Å². The van der Waals surface area contributed by atoms with Crippen LogP contribution in [0.4, 0.5) is 0 Å². The highest BCUT2D eigenvalue weighted by Gasteiger charge is 2.18. The van der Waals surface area contributed by atoms with Gasteiger partial charge in [-0.15, -0.1) is 11.3 Å². The van der Waals surface area contributed by atoms with E-state index in [1.807, 2.05) is 29.6 Å². The first-order valence-corrected chi connectivity index (χ1v) is 7.39. The number of fused-ring (bicyclic) bond motifs is 1. The molecule has 0 spiro atoms. The van der Waals surface area contributed by atoms with E-state index in [-0.39, 0.29) is 12.5 Å². The van der Waals surface area contributed by atoms with Crippen molar-refractivity contribution < 1.29 is 14.3 Å². The number of thiophene rings is 1. The normalized spacial score (nSPS) is 12.1. The molecule has 100 valence electrons. The summed E-state index contributed by atoms with van der Waals surface area (Å²) in [6, 6.07) is 7.71. The first-order chi connectivity index (χ1) is 9.13. The van der Waals surface area contributed by atoms with Gasteiger partial charge < -0.3 is 10.1 Å². The van der Waals surface area contributed by atoms with Gasteiger partial charge in [0.1, 0.15) is 4.83 Å². The topological polar surface area (TPSA) is 55.4 Å². The predicted molar refractivity (Wildman–Crippen MR) is 78.9 cm³/mol. The smallest absolute Gasteiger partial charge is 0.321 e. The van der Waals surface area contributed by atoms with Crippen molar-refractivity contribution in [3.8, 4) is 0 Å². The molecule has 0 radical (unpaired) electrons. The number of hydrogen-bond donors (Lipinski definition) is 1. The van der Waals surface area contributed by atoms with Gasteiger partial charge in [0.25, 0.3) is 5.91 Å². The van der Waals surface area contributed by atoms with Crippen LogP contribution in [-0.4, -0.2) is 30.4 Å². The number of nitrogens with one attached hydrogen (secondary N) is 1. The molecule has 1 N–H and O–H groups in total. The molecule has 1 aromatic heterocycles. The lowest BCUT2D eigenvalue weighted by Crippen LogP contribution is -2.33. The van der Waals surface area contributed by atoms with Crippen LogP contribution in [0.25, 0.3) is 10.1 Å². The molecule has 2 aromatic rings. The van der Waals surface area contributed by atoms with E-state index in [0.29, 0.717) is 5.56 Å². The maximum atomic E-state index is 12.1. The van der Waals surface area contributed by atoms with Gasteiger partial charge in [-0.1, -0.05) is 34.1 Å². The van der Waals surface area contributed by atoms with E-state index >= 15 is 0 Å². The van der Waals surface area contributed by atoms with Crippen LogP contribution in [0.2, 0.25) is 0 Å². The van der Waals surface area contributed by atoms with Crippen molar-refractivity contribution in [2.24, 2.45) is 0 Å². The summed E-state index contributed by atoms with van der Waals surface area (Å²) in [5.74, 6) is -0.596. The number of ether oxygens (including phenoxy) is 1. The molecule has 1 unspecified atom stereocenters. The highest BCUT2D eigenvalue weighted by atomic mass is 79.9. The van der Waals surface area contributed by atoms with Crippen LogP contribution < -0.4 is 5.32 Å². The van der Waals surface area contributed by atoms with Crippen LogP contribution in [0.3, 0.4) is 0 Å². The monoisotopic (exact) mass is 341 g/mol. The fourth-order valence-corrected chi connectivity index (χ4v) is 2.93. The first-order valence-electron chi connectivity index (χ1n) is 5.60. The summed E-state index contributed by atoms with van der Waals surface area (Å²) in [6.45, 7) is 0.190. The maximum absolute atomic E-state index is 12.1. The largest absolute Gasteiger partial charge is 0.468 e.